The van der Waals surface area contributed by atoms with Crippen molar-refractivity contribution in [3.8, 4) is 5.69 Å². The maximum atomic E-state index is 12.0. The maximum Gasteiger partial charge on any atom is 0.244 e. The zero-order chi connectivity index (χ0) is 18.2. The second kappa shape index (κ2) is 8.67. The van der Waals surface area contributed by atoms with Crippen molar-refractivity contribution in [2.75, 3.05) is 25.0 Å². The van der Waals surface area contributed by atoms with Gasteiger partial charge in [0.05, 0.1) is 11.9 Å². The predicted octanol–water partition coefficient (Wildman–Crippen LogP) is 3.14. The van der Waals surface area contributed by atoms with E-state index in [0.29, 0.717) is 6.54 Å². The molecule has 0 saturated carbocycles. The Kier molecular flexibility index (Phi) is 5.83. The van der Waals surface area contributed by atoms with Crippen LogP contribution in [0, 0.1) is 0 Å². The fourth-order valence-corrected chi connectivity index (χ4v) is 2.53. The molecule has 1 amide bonds. The molecule has 1 heterocycles. The van der Waals surface area contributed by atoms with Crippen LogP contribution in [0.5, 0.6) is 0 Å². The molecule has 0 unspecified atom stereocenters. The number of benzene rings is 2. The lowest BCUT2D eigenvalue weighted by atomic mass is 10.3. The van der Waals surface area contributed by atoms with E-state index in [1.165, 1.54) is 6.08 Å². The van der Waals surface area contributed by atoms with Crippen molar-refractivity contribution in [2.45, 2.75) is 0 Å². The summed E-state index contributed by atoms with van der Waals surface area (Å²) in [7, 11) is 2.01. The van der Waals surface area contributed by atoms with Gasteiger partial charge in [-0.3, -0.25) is 4.79 Å². The third kappa shape index (κ3) is 4.83. The van der Waals surface area contributed by atoms with Crippen molar-refractivity contribution >= 4 is 17.7 Å². The summed E-state index contributed by atoms with van der Waals surface area (Å²) in [5.41, 5.74) is 3.00. The minimum absolute atomic E-state index is 0.112. The molecule has 5 nitrogen and oxygen atoms in total. The van der Waals surface area contributed by atoms with E-state index in [2.05, 4.69) is 15.3 Å². The number of hydrogen-bond donors (Lipinski definition) is 1. The summed E-state index contributed by atoms with van der Waals surface area (Å²) < 4.78 is 1.78. The summed E-state index contributed by atoms with van der Waals surface area (Å²) in [6.45, 7) is 1.33. The van der Waals surface area contributed by atoms with Crippen LogP contribution in [0.15, 0.2) is 79.1 Å². The average Bonchev–Trinajstić information content (AvgIpc) is 3.17. The Bertz CT molecular complexity index is 856. The number of likely N-dealkylation sites (N-methyl/N-ethyl adjacent to an activating group) is 1. The molecule has 0 saturated heterocycles. The molecule has 26 heavy (non-hydrogen) atoms. The van der Waals surface area contributed by atoms with Crippen molar-refractivity contribution in [2.24, 2.45) is 0 Å². The van der Waals surface area contributed by atoms with Gasteiger partial charge in [-0.1, -0.05) is 36.4 Å². The number of para-hydroxylation sites is 2. The van der Waals surface area contributed by atoms with E-state index in [1.54, 1.807) is 17.0 Å². The molecule has 0 spiro atoms. The lowest BCUT2D eigenvalue weighted by molar-refractivity contribution is -0.116. The Labute approximate surface area is 153 Å². The number of carbonyl (C=O) groups excluding carboxylic acids is 1. The topological polar surface area (TPSA) is 50.2 Å². The van der Waals surface area contributed by atoms with Gasteiger partial charge in [0.25, 0.3) is 0 Å². The van der Waals surface area contributed by atoms with Crippen LogP contribution in [0.2, 0.25) is 0 Å². The summed E-state index contributed by atoms with van der Waals surface area (Å²) in [5.74, 6) is -0.112. The molecule has 1 aromatic heterocycles. The van der Waals surface area contributed by atoms with Crippen LogP contribution < -0.4 is 10.2 Å². The summed E-state index contributed by atoms with van der Waals surface area (Å²) in [6.07, 6.45) is 6.93. The normalized spacial score (nSPS) is 10.8. The first-order valence-electron chi connectivity index (χ1n) is 8.54. The maximum absolute atomic E-state index is 12.0. The first-order chi connectivity index (χ1) is 12.7. The van der Waals surface area contributed by atoms with E-state index in [1.807, 2.05) is 73.9 Å². The molecule has 0 aliphatic carbocycles. The molecule has 0 bridgehead atoms. The fraction of sp³-hybridized carbons (Fsp3) is 0.143. The summed E-state index contributed by atoms with van der Waals surface area (Å²) >= 11 is 0. The van der Waals surface area contributed by atoms with Gasteiger partial charge in [-0.2, -0.15) is 5.10 Å². The third-order valence-electron chi connectivity index (χ3n) is 3.99. The van der Waals surface area contributed by atoms with Gasteiger partial charge in [-0.15, -0.1) is 0 Å². The monoisotopic (exact) mass is 346 g/mol. The molecule has 132 valence electrons. The Balaban J connectivity index is 1.47. The molecule has 1 N–H and O–H groups in total. The van der Waals surface area contributed by atoms with E-state index in [-0.39, 0.29) is 5.91 Å². The number of rotatable bonds is 7. The Morgan fingerprint density at radius 2 is 1.81 bits per heavy atom. The van der Waals surface area contributed by atoms with Crippen molar-refractivity contribution in [1.82, 2.24) is 15.1 Å². The summed E-state index contributed by atoms with van der Waals surface area (Å²) in [5, 5.41) is 7.21. The smallest absolute Gasteiger partial charge is 0.244 e. The molecule has 2 aromatic carbocycles. The molecule has 3 rings (SSSR count). The number of nitrogens with zero attached hydrogens (tertiary/aromatic N) is 3. The SMILES string of the molecule is CN(CCNC(=O)C=Cc1cnn(-c2ccccc2)c1)c1ccccc1. The minimum Gasteiger partial charge on any atom is -0.373 e. The zero-order valence-electron chi connectivity index (χ0n) is 14.7. The number of aromatic nitrogens is 2. The van der Waals surface area contributed by atoms with E-state index >= 15 is 0 Å². The third-order valence-corrected chi connectivity index (χ3v) is 3.99. The van der Waals surface area contributed by atoms with E-state index in [9.17, 15) is 4.79 Å². The number of hydrogen-bond acceptors (Lipinski definition) is 3. The van der Waals surface area contributed by atoms with E-state index in [4.69, 9.17) is 0 Å². The van der Waals surface area contributed by atoms with Crippen LogP contribution in [-0.4, -0.2) is 35.8 Å². The molecular formula is C21H22N4O. The van der Waals surface area contributed by atoms with Gasteiger partial charge in [0.15, 0.2) is 0 Å². The number of nitrogens with one attached hydrogen (secondary N) is 1. The average molecular weight is 346 g/mol. The van der Waals surface area contributed by atoms with Gasteiger partial charge in [0, 0.05) is 43.7 Å². The molecule has 0 aliphatic rings. The lowest BCUT2D eigenvalue weighted by Gasteiger charge is -2.19. The Morgan fingerprint density at radius 1 is 1.12 bits per heavy atom. The predicted molar refractivity (Wildman–Crippen MR) is 105 cm³/mol. The fourth-order valence-electron chi connectivity index (χ4n) is 2.53. The molecule has 0 fully saturated rings. The van der Waals surface area contributed by atoms with Gasteiger partial charge < -0.3 is 10.2 Å². The second-order valence-electron chi connectivity index (χ2n) is 5.94. The van der Waals surface area contributed by atoms with Gasteiger partial charge in [-0.05, 0) is 30.3 Å². The summed E-state index contributed by atoms with van der Waals surface area (Å²) in [4.78, 5) is 14.1. The highest BCUT2D eigenvalue weighted by Crippen LogP contribution is 2.10. The highest BCUT2D eigenvalue weighted by atomic mass is 16.1. The van der Waals surface area contributed by atoms with Crippen LogP contribution in [0.4, 0.5) is 5.69 Å². The summed E-state index contributed by atoms with van der Waals surface area (Å²) in [6, 6.07) is 20.0. The van der Waals surface area contributed by atoms with Crippen LogP contribution in [0.25, 0.3) is 11.8 Å². The number of anilines is 1. The largest absolute Gasteiger partial charge is 0.373 e. The molecule has 5 heteroatoms. The first-order valence-corrected chi connectivity index (χ1v) is 8.54. The van der Waals surface area contributed by atoms with Crippen LogP contribution >= 0.6 is 0 Å². The van der Waals surface area contributed by atoms with Gasteiger partial charge in [0.1, 0.15) is 0 Å². The highest BCUT2D eigenvalue weighted by Gasteiger charge is 2.02. The van der Waals surface area contributed by atoms with E-state index < -0.39 is 0 Å². The van der Waals surface area contributed by atoms with Crippen LogP contribution in [0.3, 0.4) is 0 Å². The Hall–Kier alpha value is -3.34. The minimum atomic E-state index is -0.112. The van der Waals surface area contributed by atoms with Crippen LogP contribution in [-0.2, 0) is 4.79 Å². The van der Waals surface area contributed by atoms with Crippen molar-refractivity contribution < 1.29 is 4.79 Å². The van der Waals surface area contributed by atoms with Crippen molar-refractivity contribution in [3.05, 3.63) is 84.7 Å². The molecule has 3 aromatic rings. The number of carbonyl (C=O) groups is 1. The van der Waals surface area contributed by atoms with Crippen molar-refractivity contribution in [3.63, 3.8) is 0 Å². The van der Waals surface area contributed by atoms with Gasteiger partial charge >= 0.3 is 0 Å². The molecular weight excluding hydrogens is 324 g/mol. The molecule has 0 aliphatic heterocycles. The quantitative estimate of drug-likeness (QED) is 0.669. The van der Waals surface area contributed by atoms with E-state index in [0.717, 1.165) is 23.5 Å². The Morgan fingerprint density at radius 3 is 2.54 bits per heavy atom. The highest BCUT2D eigenvalue weighted by molar-refractivity contribution is 5.91. The zero-order valence-corrected chi connectivity index (χ0v) is 14.7. The first kappa shape index (κ1) is 17.5. The molecule has 0 atom stereocenters. The standard InChI is InChI=1S/C21H22N4O/c1-24(19-8-4-2-5-9-19)15-14-22-21(26)13-12-18-16-23-25(17-18)20-10-6-3-7-11-20/h2-13,16-17H,14-15H2,1H3,(H,22,26). The number of amides is 1. The van der Waals surface area contributed by atoms with Crippen LogP contribution in [0.1, 0.15) is 5.56 Å². The second-order valence-corrected chi connectivity index (χ2v) is 5.94. The van der Waals surface area contributed by atoms with Gasteiger partial charge in [0.2, 0.25) is 5.91 Å². The van der Waals surface area contributed by atoms with Crippen molar-refractivity contribution in [1.29, 1.82) is 0 Å². The van der Waals surface area contributed by atoms with Gasteiger partial charge in [-0.25, -0.2) is 4.68 Å². The lowest BCUT2D eigenvalue weighted by Crippen LogP contribution is -2.31. The molecule has 0 radical (unpaired) electrons.